The van der Waals surface area contributed by atoms with Crippen molar-refractivity contribution in [3.8, 4) is 5.75 Å². The molecule has 1 unspecified atom stereocenters. The first kappa shape index (κ1) is 19.4. The van der Waals surface area contributed by atoms with Crippen LogP contribution in [0.1, 0.15) is 20.3 Å². The number of carbonyl (C=O) groups excluding carboxylic acids is 1. The molecule has 7 heteroatoms. The van der Waals surface area contributed by atoms with Crippen molar-refractivity contribution >= 4 is 21.6 Å². The number of nitrogens with one attached hydrogen (secondary N) is 1. The lowest BCUT2D eigenvalue weighted by atomic mass is 10.1. The highest BCUT2D eigenvalue weighted by molar-refractivity contribution is 7.89. The van der Waals surface area contributed by atoms with E-state index in [1.807, 2.05) is 44.2 Å². The van der Waals surface area contributed by atoms with Crippen LogP contribution >= 0.6 is 0 Å². The van der Waals surface area contributed by atoms with E-state index in [1.165, 1.54) is 12.1 Å². The normalized spacial score (nSPS) is 17.5. The number of carbonyl (C=O) groups is 1. The zero-order chi connectivity index (χ0) is 19.4. The van der Waals surface area contributed by atoms with Crippen LogP contribution in [0.5, 0.6) is 5.75 Å². The van der Waals surface area contributed by atoms with Crippen LogP contribution < -0.4 is 14.4 Å². The summed E-state index contributed by atoms with van der Waals surface area (Å²) in [5.74, 6) is 0.584. The van der Waals surface area contributed by atoms with Crippen molar-refractivity contribution in [1.29, 1.82) is 0 Å². The second-order valence-corrected chi connectivity index (χ2v) is 8.67. The van der Waals surface area contributed by atoms with E-state index >= 15 is 0 Å². The number of amides is 1. The van der Waals surface area contributed by atoms with Crippen LogP contribution in [0.25, 0.3) is 0 Å². The van der Waals surface area contributed by atoms with Gasteiger partial charge in [-0.1, -0.05) is 18.2 Å². The molecule has 1 atom stereocenters. The van der Waals surface area contributed by atoms with E-state index in [4.69, 9.17) is 4.74 Å². The van der Waals surface area contributed by atoms with Gasteiger partial charge < -0.3 is 9.64 Å². The fourth-order valence-corrected chi connectivity index (χ4v) is 4.17. The van der Waals surface area contributed by atoms with E-state index in [0.29, 0.717) is 18.7 Å². The van der Waals surface area contributed by atoms with Gasteiger partial charge in [0.25, 0.3) is 0 Å². The molecule has 0 aliphatic carbocycles. The molecule has 27 heavy (non-hydrogen) atoms. The summed E-state index contributed by atoms with van der Waals surface area (Å²) in [4.78, 5) is 14.1. The highest BCUT2D eigenvalue weighted by atomic mass is 32.2. The molecule has 0 aromatic heterocycles. The molecule has 0 bridgehead atoms. The number of anilines is 1. The van der Waals surface area contributed by atoms with Gasteiger partial charge in [-0.3, -0.25) is 4.79 Å². The first-order valence-electron chi connectivity index (χ1n) is 8.97. The summed E-state index contributed by atoms with van der Waals surface area (Å²) < 4.78 is 33.2. The number of benzene rings is 2. The molecule has 1 heterocycles. The van der Waals surface area contributed by atoms with Crippen molar-refractivity contribution in [3.05, 3.63) is 54.6 Å². The molecule has 0 saturated carbocycles. The number of ether oxygens (including phenoxy) is 1. The van der Waals surface area contributed by atoms with E-state index in [1.54, 1.807) is 17.0 Å². The summed E-state index contributed by atoms with van der Waals surface area (Å²) in [7, 11) is -3.63. The smallest absolute Gasteiger partial charge is 0.240 e. The molecule has 3 rings (SSSR count). The Labute approximate surface area is 160 Å². The minimum atomic E-state index is -3.63. The Bertz CT molecular complexity index is 880. The van der Waals surface area contributed by atoms with Crippen LogP contribution in [0.4, 0.5) is 5.69 Å². The zero-order valence-electron chi connectivity index (χ0n) is 15.5. The predicted molar refractivity (Wildman–Crippen MR) is 104 cm³/mol. The van der Waals surface area contributed by atoms with E-state index in [-0.39, 0.29) is 29.4 Å². The van der Waals surface area contributed by atoms with Crippen molar-refractivity contribution in [3.63, 3.8) is 0 Å². The quantitative estimate of drug-likeness (QED) is 0.791. The molecular weight excluding hydrogens is 364 g/mol. The van der Waals surface area contributed by atoms with Crippen LogP contribution in [0.15, 0.2) is 59.5 Å². The summed E-state index contributed by atoms with van der Waals surface area (Å²) in [5, 5.41) is 0. The second-order valence-electron chi connectivity index (χ2n) is 6.90. The predicted octanol–water partition coefficient (Wildman–Crippen LogP) is 2.81. The highest BCUT2D eigenvalue weighted by Crippen LogP contribution is 2.25. The Kier molecular flexibility index (Phi) is 5.82. The van der Waals surface area contributed by atoms with Crippen molar-refractivity contribution < 1.29 is 17.9 Å². The molecule has 0 radical (unpaired) electrons. The SMILES string of the molecule is CC(C)Oc1ccc(S(=O)(=O)NCC2CC(=O)N(c3ccccc3)C2)cc1. The number of para-hydroxylation sites is 1. The molecule has 1 aliphatic heterocycles. The molecule has 1 N–H and O–H groups in total. The number of hydrogen-bond donors (Lipinski definition) is 1. The molecule has 2 aromatic carbocycles. The van der Waals surface area contributed by atoms with Crippen molar-refractivity contribution in [2.45, 2.75) is 31.3 Å². The average Bonchev–Trinajstić information content (AvgIpc) is 3.02. The Morgan fingerprint density at radius 2 is 1.78 bits per heavy atom. The van der Waals surface area contributed by atoms with Gasteiger partial charge in [0.1, 0.15) is 5.75 Å². The van der Waals surface area contributed by atoms with Gasteiger partial charge in [-0.2, -0.15) is 0 Å². The fraction of sp³-hybridized carbons (Fsp3) is 0.350. The van der Waals surface area contributed by atoms with Crippen LogP contribution in [-0.2, 0) is 14.8 Å². The monoisotopic (exact) mass is 388 g/mol. The summed E-state index contributed by atoms with van der Waals surface area (Å²) in [6, 6.07) is 15.8. The third-order valence-corrected chi connectivity index (χ3v) is 5.78. The van der Waals surface area contributed by atoms with Gasteiger partial charge in [0.05, 0.1) is 11.0 Å². The summed E-state index contributed by atoms with van der Waals surface area (Å²) in [6.07, 6.45) is 0.358. The van der Waals surface area contributed by atoms with Gasteiger partial charge in [0, 0.05) is 25.2 Å². The van der Waals surface area contributed by atoms with Crippen molar-refractivity contribution in [2.75, 3.05) is 18.0 Å². The Morgan fingerprint density at radius 3 is 2.41 bits per heavy atom. The minimum Gasteiger partial charge on any atom is -0.491 e. The van der Waals surface area contributed by atoms with Crippen molar-refractivity contribution in [1.82, 2.24) is 4.72 Å². The van der Waals surface area contributed by atoms with E-state index in [2.05, 4.69) is 4.72 Å². The molecule has 1 amide bonds. The topological polar surface area (TPSA) is 75.7 Å². The Balaban J connectivity index is 1.60. The third-order valence-electron chi connectivity index (χ3n) is 4.34. The summed E-state index contributed by atoms with van der Waals surface area (Å²) in [6.45, 7) is 4.55. The lowest BCUT2D eigenvalue weighted by Crippen LogP contribution is -2.31. The minimum absolute atomic E-state index is 0.0144. The van der Waals surface area contributed by atoms with E-state index in [0.717, 1.165) is 5.69 Å². The maximum absolute atomic E-state index is 12.5. The molecule has 0 spiro atoms. The maximum Gasteiger partial charge on any atom is 0.240 e. The lowest BCUT2D eigenvalue weighted by Gasteiger charge is -2.17. The Morgan fingerprint density at radius 1 is 1.11 bits per heavy atom. The van der Waals surface area contributed by atoms with Crippen molar-refractivity contribution in [2.24, 2.45) is 5.92 Å². The molecule has 6 nitrogen and oxygen atoms in total. The molecule has 1 aliphatic rings. The maximum atomic E-state index is 12.5. The molecular formula is C20H24N2O4S. The first-order chi connectivity index (χ1) is 12.8. The fourth-order valence-electron chi connectivity index (χ4n) is 3.06. The first-order valence-corrected chi connectivity index (χ1v) is 10.5. The van der Waals surface area contributed by atoms with Crippen LogP contribution in [-0.4, -0.2) is 33.5 Å². The lowest BCUT2D eigenvalue weighted by molar-refractivity contribution is -0.117. The van der Waals surface area contributed by atoms with Gasteiger partial charge >= 0.3 is 0 Å². The molecule has 1 fully saturated rings. The van der Waals surface area contributed by atoms with Gasteiger partial charge in [0.15, 0.2) is 0 Å². The van der Waals surface area contributed by atoms with Crippen LogP contribution in [0.3, 0.4) is 0 Å². The average molecular weight is 388 g/mol. The second kappa shape index (κ2) is 8.10. The number of hydrogen-bond acceptors (Lipinski definition) is 4. The number of rotatable bonds is 7. The summed E-state index contributed by atoms with van der Waals surface area (Å²) >= 11 is 0. The number of nitrogens with zero attached hydrogens (tertiary/aromatic N) is 1. The van der Waals surface area contributed by atoms with Gasteiger partial charge in [-0.05, 0) is 56.2 Å². The van der Waals surface area contributed by atoms with Gasteiger partial charge in [-0.25, -0.2) is 13.1 Å². The molecule has 1 saturated heterocycles. The van der Waals surface area contributed by atoms with Crippen LogP contribution in [0.2, 0.25) is 0 Å². The van der Waals surface area contributed by atoms with Gasteiger partial charge in [0.2, 0.25) is 15.9 Å². The van der Waals surface area contributed by atoms with E-state index in [9.17, 15) is 13.2 Å². The van der Waals surface area contributed by atoms with Crippen LogP contribution in [0, 0.1) is 5.92 Å². The zero-order valence-corrected chi connectivity index (χ0v) is 16.3. The number of sulfonamides is 1. The summed E-state index contributed by atoms with van der Waals surface area (Å²) in [5.41, 5.74) is 0.841. The largest absolute Gasteiger partial charge is 0.491 e. The molecule has 144 valence electrons. The standard InChI is InChI=1S/C20H24N2O4S/c1-15(2)26-18-8-10-19(11-9-18)27(24,25)21-13-16-12-20(23)22(14-16)17-6-4-3-5-7-17/h3-11,15-16,21H,12-14H2,1-2H3. The third kappa shape index (κ3) is 4.87. The van der Waals surface area contributed by atoms with Gasteiger partial charge in [-0.15, -0.1) is 0 Å². The Hall–Kier alpha value is -2.38. The highest BCUT2D eigenvalue weighted by Gasteiger charge is 2.31. The molecule has 2 aromatic rings. The van der Waals surface area contributed by atoms with E-state index < -0.39 is 10.0 Å².